The number of benzene rings is 1. The molecule has 1 saturated heterocycles. The summed E-state index contributed by atoms with van der Waals surface area (Å²) in [6.45, 7) is 1.54. The van der Waals surface area contributed by atoms with E-state index in [1.807, 2.05) is 0 Å². The molecule has 3 N–H and O–H groups in total. The monoisotopic (exact) mass is 359 g/mol. The number of hydrogen-bond donors (Lipinski definition) is 3. The average molecular weight is 360 g/mol. The number of urea groups is 1. The normalized spacial score (nSPS) is 20.5. The molecule has 0 aromatic heterocycles. The van der Waals surface area contributed by atoms with E-state index in [1.165, 1.54) is 6.92 Å². The number of nitrogens with one attached hydrogen (secondary N) is 3. The number of rotatable bonds is 4. The first kappa shape index (κ1) is 17.6. The molecule has 9 heteroatoms. The first-order valence-corrected chi connectivity index (χ1v) is 9.29. The quantitative estimate of drug-likeness (QED) is 0.750. The third kappa shape index (κ3) is 5.40. The summed E-state index contributed by atoms with van der Waals surface area (Å²) in [7, 11) is -3.06. The number of amides is 3. The van der Waals surface area contributed by atoms with Crippen LogP contribution in [-0.2, 0) is 14.6 Å². The summed E-state index contributed by atoms with van der Waals surface area (Å²) in [5.74, 6) is -0.377. The summed E-state index contributed by atoms with van der Waals surface area (Å²) >= 11 is 5.76. The van der Waals surface area contributed by atoms with Gasteiger partial charge in [-0.2, -0.15) is 0 Å². The highest BCUT2D eigenvalue weighted by Crippen LogP contribution is 2.13. The van der Waals surface area contributed by atoms with Crippen molar-refractivity contribution in [1.29, 1.82) is 0 Å². The molecule has 126 valence electrons. The molecule has 0 radical (unpaired) electrons. The van der Waals surface area contributed by atoms with Gasteiger partial charge in [0.15, 0.2) is 9.84 Å². The second-order valence-electron chi connectivity index (χ2n) is 5.44. The lowest BCUT2D eigenvalue weighted by Crippen LogP contribution is -2.49. The molecule has 0 saturated carbocycles. The minimum atomic E-state index is -3.06. The van der Waals surface area contributed by atoms with Crippen LogP contribution in [0.1, 0.15) is 13.3 Å². The Bertz CT molecular complexity index is 690. The van der Waals surface area contributed by atoms with Crippen molar-refractivity contribution in [3.63, 3.8) is 0 Å². The van der Waals surface area contributed by atoms with Gasteiger partial charge in [-0.15, -0.1) is 0 Å². The SMILES string of the molecule is C[C@H](NC(=O)N[C@@H]1CCS(=O)(=O)C1)C(=O)Nc1ccc(Cl)cc1. The molecule has 2 atom stereocenters. The molecule has 1 aliphatic heterocycles. The summed E-state index contributed by atoms with van der Waals surface area (Å²) in [4.78, 5) is 23.8. The smallest absolute Gasteiger partial charge is 0.315 e. The highest BCUT2D eigenvalue weighted by molar-refractivity contribution is 7.91. The summed E-state index contributed by atoms with van der Waals surface area (Å²) in [5.41, 5.74) is 0.565. The van der Waals surface area contributed by atoms with Crippen LogP contribution in [0.3, 0.4) is 0 Å². The number of carbonyl (C=O) groups excluding carboxylic acids is 2. The molecular formula is C14H18ClN3O4S. The minimum Gasteiger partial charge on any atom is -0.334 e. The molecule has 7 nitrogen and oxygen atoms in total. The van der Waals surface area contributed by atoms with Gasteiger partial charge in [0.2, 0.25) is 5.91 Å². The molecule has 2 rings (SSSR count). The van der Waals surface area contributed by atoms with Crippen LogP contribution in [0.15, 0.2) is 24.3 Å². The molecule has 0 spiro atoms. The van der Waals surface area contributed by atoms with Crippen molar-refractivity contribution in [3.05, 3.63) is 29.3 Å². The minimum absolute atomic E-state index is 0.0637. The highest BCUT2D eigenvalue weighted by atomic mass is 35.5. The lowest BCUT2D eigenvalue weighted by molar-refractivity contribution is -0.117. The largest absolute Gasteiger partial charge is 0.334 e. The maximum Gasteiger partial charge on any atom is 0.315 e. The van der Waals surface area contributed by atoms with E-state index in [-0.39, 0.29) is 17.4 Å². The van der Waals surface area contributed by atoms with Crippen molar-refractivity contribution in [2.24, 2.45) is 0 Å². The van der Waals surface area contributed by atoms with Crippen LogP contribution in [-0.4, -0.2) is 43.9 Å². The number of sulfone groups is 1. The van der Waals surface area contributed by atoms with E-state index >= 15 is 0 Å². The van der Waals surface area contributed by atoms with Crippen LogP contribution in [0.2, 0.25) is 5.02 Å². The molecule has 1 aromatic carbocycles. The molecule has 0 bridgehead atoms. The number of halogens is 1. The fourth-order valence-electron chi connectivity index (χ4n) is 2.18. The van der Waals surface area contributed by atoms with Gasteiger partial charge in [0.25, 0.3) is 0 Å². The second kappa shape index (κ2) is 7.18. The molecule has 3 amide bonds. The Hall–Kier alpha value is -1.80. The van der Waals surface area contributed by atoms with E-state index in [9.17, 15) is 18.0 Å². The summed E-state index contributed by atoms with van der Waals surface area (Å²) in [5, 5.41) is 8.25. The predicted octanol–water partition coefficient (Wildman–Crippen LogP) is 1.15. The molecule has 1 fully saturated rings. The van der Waals surface area contributed by atoms with Gasteiger partial charge in [0.05, 0.1) is 11.5 Å². The third-order valence-electron chi connectivity index (χ3n) is 3.42. The molecule has 0 aliphatic carbocycles. The van der Waals surface area contributed by atoms with Crippen molar-refractivity contribution >= 4 is 39.1 Å². The lowest BCUT2D eigenvalue weighted by Gasteiger charge is -2.17. The van der Waals surface area contributed by atoms with Crippen molar-refractivity contribution < 1.29 is 18.0 Å². The van der Waals surface area contributed by atoms with Gasteiger partial charge in [-0.05, 0) is 37.6 Å². The Morgan fingerprint density at radius 3 is 2.48 bits per heavy atom. The lowest BCUT2D eigenvalue weighted by atomic mass is 10.2. The van der Waals surface area contributed by atoms with Crippen LogP contribution in [0.25, 0.3) is 0 Å². The number of hydrogen-bond acceptors (Lipinski definition) is 4. The maximum atomic E-state index is 12.0. The van der Waals surface area contributed by atoms with Gasteiger partial charge in [-0.25, -0.2) is 13.2 Å². The third-order valence-corrected chi connectivity index (χ3v) is 5.44. The Kier molecular flexibility index (Phi) is 5.48. The van der Waals surface area contributed by atoms with Gasteiger partial charge < -0.3 is 16.0 Å². The predicted molar refractivity (Wildman–Crippen MR) is 88.3 cm³/mol. The highest BCUT2D eigenvalue weighted by Gasteiger charge is 2.29. The topological polar surface area (TPSA) is 104 Å². The maximum absolute atomic E-state index is 12.0. The molecule has 1 aliphatic rings. The summed E-state index contributed by atoms with van der Waals surface area (Å²) in [6.07, 6.45) is 0.390. The van der Waals surface area contributed by atoms with Crippen molar-refractivity contribution in [2.45, 2.75) is 25.4 Å². The van der Waals surface area contributed by atoms with Gasteiger partial charge in [-0.3, -0.25) is 4.79 Å². The second-order valence-corrected chi connectivity index (χ2v) is 8.10. The fraction of sp³-hybridized carbons (Fsp3) is 0.429. The van der Waals surface area contributed by atoms with Crippen LogP contribution < -0.4 is 16.0 Å². The fourth-order valence-corrected chi connectivity index (χ4v) is 3.98. The van der Waals surface area contributed by atoms with E-state index in [0.717, 1.165) is 0 Å². The van der Waals surface area contributed by atoms with Gasteiger partial charge in [0.1, 0.15) is 6.04 Å². The number of carbonyl (C=O) groups is 2. The molecule has 1 heterocycles. The van der Waals surface area contributed by atoms with Crippen LogP contribution >= 0.6 is 11.6 Å². The van der Waals surface area contributed by atoms with Crippen molar-refractivity contribution in [1.82, 2.24) is 10.6 Å². The van der Waals surface area contributed by atoms with Gasteiger partial charge in [-0.1, -0.05) is 11.6 Å². The van der Waals surface area contributed by atoms with Crippen LogP contribution in [0, 0.1) is 0 Å². The number of anilines is 1. The van der Waals surface area contributed by atoms with Crippen LogP contribution in [0.5, 0.6) is 0 Å². The van der Waals surface area contributed by atoms with Crippen LogP contribution in [0.4, 0.5) is 10.5 Å². The van der Waals surface area contributed by atoms with E-state index in [2.05, 4.69) is 16.0 Å². The first-order valence-electron chi connectivity index (χ1n) is 7.09. The molecule has 1 aromatic rings. The first-order chi connectivity index (χ1) is 10.7. The summed E-state index contributed by atoms with van der Waals surface area (Å²) < 4.78 is 22.7. The molecule has 23 heavy (non-hydrogen) atoms. The zero-order valence-electron chi connectivity index (χ0n) is 12.5. The van der Waals surface area contributed by atoms with E-state index in [4.69, 9.17) is 11.6 Å². The standard InChI is InChI=1S/C14H18ClN3O4S/c1-9(13(19)17-11-4-2-10(15)3-5-11)16-14(20)18-12-6-7-23(21,22)8-12/h2-5,9,12H,6-8H2,1H3,(H,17,19)(H2,16,18,20)/t9-,12+/m0/s1. The van der Waals surface area contributed by atoms with Crippen molar-refractivity contribution in [3.8, 4) is 0 Å². The Balaban J connectivity index is 1.81. The van der Waals surface area contributed by atoms with Gasteiger partial charge in [0, 0.05) is 16.8 Å². The zero-order valence-corrected chi connectivity index (χ0v) is 14.1. The van der Waals surface area contributed by atoms with E-state index < -0.39 is 28.0 Å². The van der Waals surface area contributed by atoms with Gasteiger partial charge >= 0.3 is 6.03 Å². The van der Waals surface area contributed by atoms with E-state index in [0.29, 0.717) is 17.1 Å². The Morgan fingerprint density at radius 1 is 1.26 bits per heavy atom. The van der Waals surface area contributed by atoms with Crippen molar-refractivity contribution in [2.75, 3.05) is 16.8 Å². The molecule has 0 unspecified atom stereocenters. The Morgan fingerprint density at radius 2 is 1.91 bits per heavy atom. The van der Waals surface area contributed by atoms with E-state index in [1.54, 1.807) is 24.3 Å². The Labute approximate surface area is 139 Å². The average Bonchev–Trinajstić information content (AvgIpc) is 2.80. The summed E-state index contributed by atoms with van der Waals surface area (Å²) in [6, 6.07) is 4.83. The zero-order chi connectivity index (χ0) is 17.0. The molecular weight excluding hydrogens is 342 g/mol.